The maximum absolute atomic E-state index is 14.0. The monoisotopic (exact) mass is 524 g/mol. The first-order chi connectivity index (χ1) is 17.7. The van der Waals surface area contributed by atoms with Crippen LogP contribution in [0.2, 0.25) is 0 Å². The first-order valence-electron chi connectivity index (χ1n) is 12.3. The first-order valence-corrected chi connectivity index (χ1v) is 12.3. The van der Waals surface area contributed by atoms with Crippen LogP contribution in [0.3, 0.4) is 0 Å². The molecule has 0 aliphatic heterocycles. The van der Waals surface area contributed by atoms with Crippen LogP contribution >= 0.6 is 0 Å². The zero-order valence-electron chi connectivity index (χ0n) is 22.6. The highest BCUT2D eigenvalue weighted by atomic mass is 16.6. The Morgan fingerprint density at radius 3 is 2.21 bits per heavy atom. The van der Waals surface area contributed by atoms with Crippen LogP contribution in [-0.2, 0) is 20.7 Å². The molecule has 38 heavy (non-hydrogen) atoms. The lowest BCUT2D eigenvalue weighted by Crippen LogP contribution is -2.54. The third-order valence-corrected chi connectivity index (χ3v) is 5.42. The van der Waals surface area contributed by atoms with Gasteiger partial charge in [-0.05, 0) is 82.5 Å². The zero-order valence-corrected chi connectivity index (χ0v) is 22.6. The highest BCUT2D eigenvalue weighted by Crippen LogP contribution is 2.27. The summed E-state index contributed by atoms with van der Waals surface area (Å²) in [6.45, 7) is 9.80. The van der Waals surface area contributed by atoms with Crippen molar-refractivity contribution in [2.45, 2.75) is 71.7 Å². The highest BCUT2D eigenvalue weighted by Gasteiger charge is 2.36. The number of alkyl carbamates (subject to hydrolysis) is 1. The van der Waals surface area contributed by atoms with E-state index < -0.39 is 42.1 Å². The number of rotatable bonds is 9. The van der Waals surface area contributed by atoms with E-state index in [4.69, 9.17) is 4.74 Å². The molecule has 2 unspecified atom stereocenters. The quantitative estimate of drug-likeness (QED) is 0.367. The topological polar surface area (TPSA) is 152 Å². The first kappa shape index (κ1) is 30.0. The summed E-state index contributed by atoms with van der Waals surface area (Å²) in [6.07, 6.45) is -0.830. The molecule has 0 bridgehead atoms. The van der Waals surface area contributed by atoms with Crippen molar-refractivity contribution in [3.63, 3.8) is 0 Å². The summed E-state index contributed by atoms with van der Waals surface area (Å²) in [5.74, 6) is -1.14. The number of aryl methyl sites for hydroxylation is 1. The lowest BCUT2D eigenvalue weighted by Gasteiger charge is -2.33. The van der Waals surface area contributed by atoms with Gasteiger partial charge in [0, 0.05) is 12.5 Å². The molecule has 3 amide bonds. The van der Waals surface area contributed by atoms with Crippen molar-refractivity contribution in [2.24, 2.45) is 0 Å². The molecule has 204 valence electrons. The average molecular weight is 525 g/mol. The molecular formula is C28H36N4O6. The summed E-state index contributed by atoms with van der Waals surface area (Å²) in [5, 5.41) is 34.7. The Morgan fingerprint density at radius 2 is 1.68 bits per heavy atom. The Morgan fingerprint density at radius 1 is 1.05 bits per heavy atom. The second-order valence-electron chi connectivity index (χ2n) is 10.3. The van der Waals surface area contributed by atoms with Crippen LogP contribution in [0.1, 0.15) is 57.4 Å². The maximum Gasteiger partial charge on any atom is 0.408 e. The molecule has 4 N–H and O–H groups in total. The summed E-state index contributed by atoms with van der Waals surface area (Å²) in [7, 11) is 0. The maximum atomic E-state index is 14.0. The molecule has 2 aromatic carbocycles. The molecule has 0 saturated heterocycles. The fraction of sp³-hybridized carbons (Fsp3) is 0.429. The lowest BCUT2D eigenvalue weighted by molar-refractivity contribution is -0.142. The molecule has 0 aliphatic rings. The molecule has 0 fully saturated rings. The van der Waals surface area contributed by atoms with Crippen molar-refractivity contribution in [2.75, 3.05) is 6.54 Å². The van der Waals surface area contributed by atoms with Crippen molar-refractivity contribution in [1.29, 1.82) is 5.26 Å². The van der Waals surface area contributed by atoms with E-state index in [0.717, 1.165) is 4.90 Å². The van der Waals surface area contributed by atoms with Gasteiger partial charge in [-0.1, -0.05) is 18.2 Å². The summed E-state index contributed by atoms with van der Waals surface area (Å²) in [5.41, 5.74) is 0.674. The van der Waals surface area contributed by atoms with Crippen LogP contribution in [0.4, 0.5) is 4.79 Å². The van der Waals surface area contributed by atoms with Crippen molar-refractivity contribution in [3.05, 3.63) is 59.2 Å². The number of nitriles is 1. The fourth-order valence-corrected chi connectivity index (χ4v) is 3.78. The Bertz CT molecular complexity index is 1180. The number of phenols is 2. The predicted molar refractivity (Wildman–Crippen MR) is 141 cm³/mol. The lowest BCUT2D eigenvalue weighted by atomic mass is 9.98. The standard InChI is InChI=1S/C28H36N4O6/c1-17(2)30-25(35)24(20-9-12-23(34)18(3)15-20)32(14-13-29)26(36)22(31-27(37)38-28(4,5)6)16-19-7-10-21(33)11-8-19/h7-12,15,17,22,24,33-34H,14,16H2,1-6H3,(H,30,35)(H,31,37). The number of nitrogens with zero attached hydrogens (tertiary/aromatic N) is 2. The summed E-state index contributed by atoms with van der Waals surface area (Å²) in [4.78, 5) is 41.2. The van der Waals surface area contributed by atoms with E-state index in [0.29, 0.717) is 16.7 Å². The molecule has 2 atom stereocenters. The van der Waals surface area contributed by atoms with Gasteiger partial charge in [-0.25, -0.2) is 4.79 Å². The molecule has 0 aromatic heterocycles. The van der Waals surface area contributed by atoms with Crippen molar-refractivity contribution >= 4 is 17.9 Å². The fourth-order valence-electron chi connectivity index (χ4n) is 3.78. The second-order valence-corrected chi connectivity index (χ2v) is 10.3. The van der Waals surface area contributed by atoms with Gasteiger partial charge in [-0.15, -0.1) is 0 Å². The minimum absolute atomic E-state index is 0.00735. The number of amides is 3. The largest absolute Gasteiger partial charge is 0.508 e. The molecule has 2 rings (SSSR count). The van der Waals surface area contributed by atoms with E-state index in [2.05, 4.69) is 10.6 Å². The van der Waals surface area contributed by atoms with E-state index >= 15 is 0 Å². The zero-order chi connectivity index (χ0) is 28.6. The number of carbonyl (C=O) groups is 3. The molecule has 0 aliphatic carbocycles. The van der Waals surface area contributed by atoms with Crippen LogP contribution in [0.15, 0.2) is 42.5 Å². The van der Waals surface area contributed by atoms with Gasteiger partial charge in [-0.2, -0.15) is 5.26 Å². The van der Waals surface area contributed by atoms with Crippen LogP contribution in [0.25, 0.3) is 0 Å². The summed E-state index contributed by atoms with van der Waals surface area (Å²) in [6, 6.07) is 9.91. The third-order valence-electron chi connectivity index (χ3n) is 5.42. The van der Waals surface area contributed by atoms with E-state index in [1.165, 1.54) is 24.3 Å². The molecule has 0 spiro atoms. The summed E-state index contributed by atoms with van der Waals surface area (Å²) < 4.78 is 5.36. The molecular weight excluding hydrogens is 488 g/mol. The number of aromatic hydroxyl groups is 2. The average Bonchev–Trinajstić information content (AvgIpc) is 2.80. The van der Waals surface area contributed by atoms with Crippen LogP contribution in [0.5, 0.6) is 11.5 Å². The Balaban J connectivity index is 2.56. The van der Waals surface area contributed by atoms with E-state index in [-0.39, 0.29) is 24.0 Å². The number of hydrogen-bond acceptors (Lipinski definition) is 7. The van der Waals surface area contributed by atoms with E-state index in [1.54, 1.807) is 59.7 Å². The Kier molecular flexibility index (Phi) is 10.1. The van der Waals surface area contributed by atoms with Crippen molar-refractivity contribution in [1.82, 2.24) is 15.5 Å². The van der Waals surface area contributed by atoms with Crippen LogP contribution in [0, 0.1) is 18.3 Å². The Hall–Kier alpha value is -4.26. The van der Waals surface area contributed by atoms with Gasteiger partial charge in [0.1, 0.15) is 35.7 Å². The smallest absolute Gasteiger partial charge is 0.408 e. The third kappa shape index (κ3) is 8.69. The van der Waals surface area contributed by atoms with Crippen LogP contribution in [-0.4, -0.2) is 57.3 Å². The number of nitrogens with one attached hydrogen (secondary N) is 2. The minimum Gasteiger partial charge on any atom is -0.508 e. The van der Waals surface area contributed by atoms with Gasteiger partial charge in [0.25, 0.3) is 0 Å². The van der Waals surface area contributed by atoms with Gasteiger partial charge < -0.3 is 30.5 Å². The van der Waals surface area contributed by atoms with Crippen molar-refractivity contribution in [3.8, 4) is 17.6 Å². The van der Waals surface area contributed by atoms with Crippen LogP contribution < -0.4 is 10.6 Å². The summed E-state index contributed by atoms with van der Waals surface area (Å²) >= 11 is 0. The normalized spacial score (nSPS) is 12.7. The van der Waals surface area contributed by atoms with E-state index in [1.807, 2.05) is 6.07 Å². The minimum atomic E-state index is -1.22. The van der Waals surface area contributed by atoms with Gasteiger partial charge in [-0.3, -0.25) is 9.59 Å². The SMILES string of the molecule is Cc1cc(C(C(=O)NC(C)C)N(CC#N)C(=O)C(Cc2ccc(O)cc2)NC(=O)OC(C)(C)C)ccc1O. The molecule has 0 radical (unpaired) electrons. The molecule has 10 nitrogen and oxygen atoms in total. The Labute approximate surface area is 223 Å². The highest BCUT2D eigenvalue weighted by molar-refractivity contribution is 5.92. The molecule has 2 aromatic rings. The second kappa shape index (κ2) is 12.8. The van der Waals surface area contributed by atoms with Gasteiger partial charge in [0.2, 0.25) is 11.8 Å². The van der Waals surface area contributed by atoms with E-state index in [9.17, 15) is 29.9 Å². The number of ether oxygens (including phenoxy) is 1. The number of phenolic OH excluding ortho intramolecular Hbond substituents is 2. The molecule has 0 saturated carbocycles. The number of hydrogen-bond donors (Lipinski definition) is 4. The molecule has 0 heterocycles. The van der Waals surface area contributed by atoms with Crippen molar-refractivity contribution < 1.29 is 29.3 Å². The van der Waals surface area contributed by atoms with Gasteiger partial charge in [0.05, 0.1) is 6.07 Å². The molecule has 10 heteroatoms. The number of carbonyl (C=O) groups excluding carboxylic acids is 3. The van der Waals surface area contributed by atoms with Gasteiger partial charge >= 0.3 is 6.09 Å². The predicted octanol–water partition coefficient (Wildman–Crippen LogP) is 3.46. The number of benzene rings is 2. The van der Waals surface area contributed by atoms with Gasteiger partial charge in [0.15, 0.2) is 0 Å².